The van der Waals surface area contributed by atoms with Crippen LogP contribution in [-0.4, -0.2) is 24.1 Å². The van der Waals surface area contributed by atoms with Gasteiger partial charge in [-0.15, -0.1) is 9.60 Å². The van der Waals surface area contributed by atoms with Gasteiger partial charge in [0.05, 0.1) is 0 Å². The molecule has 1 aliphatic heterocycles. The van der Waals surface area contributed by atoms with E-state index in [2.05, 4.69) is 0 Å². The molecule has 3 nitrogen and oxygen atoms in total. The lowest BCUT2D eigenvalue weighted by molar-refractivity contribution is -0.124. The molecule has 0 aromatic carbocycles. The van der Waals surface area contributed by atoms with E-state index in [1.165, 1.54) is 0 Å². The summed E-state index contributed by atoms with van der Waals surface area (Å²) in [4.78, 5) is 10.5. The van der Waals surface area contributed by atoms with Gasteiger partial charge in [0.2, 0.25) is 5.91 Å². The van der Waals surface area contributed by atoms with Crippen molar-refractivity contribution in [2.75, 3.05) is 13.1 Å². The van der Waals surface area contributed by atoms with Crippen LogP contribution in [0.25, 0.3) is 0 Å². The molecule has 58 valence electrons. The molecule has 0 bridgehead atoms. The number of rotatable bonds is 1. The van der Waals surface area contributed by atoms with Crippen molar-refractivity contribution in [3.63, 3.8) is 0 Å². The highest BCUT2D eigenvalue weighted by Gasteiger charge is 2.22. The minimum Gasteiger partial charge on any atom is -0.369 e. The van der Waals surface area contributed by atoms with E-state index < -0.39 is 0 Å². The molecule has 1 fully saturated rings. The molecule has 1 amide bonds. The summed E-state index contributed by atoms with van der Waals surface area (Å²) in [6.07, 6.45) is 1.12. The first-order valence-electron chi connectivity index (χ1n) is 3.40. The Morgan fingerprint density at radius 2 is 2.00 bits per heavy atom. The molecule has 1 heterocycles. The molecule has 0 aromatic heterocycles. The zero-order valence-corrected chi connectivity index (χ0v) is 5.72. The Hall–Kier alpha value is -0.640. The van der Waals surface area contributed by atoms with Crippen LogP contribution in [0.4, 0.5) is 4.48 Å². The van der Waals surface area contributed by atoms with Crippen LogP contribution >= 0.6 is 0 Å². The summed E-state index contributed by atoms with van der Waals surface area (Å²) in [5.41, 5.74) is 5.03. The summed E-state index contributed by atoms with van der Waals surface area (Å²) in [6, 6.07) is 0. The first-order valence-corrected chi connectivity index (χ1v) is 3.40. The lowest BCUT2D eigenvalue weighted by Gasteiger charge is -2.22. The summed E-state index contributed by atoms with van der Waals surface area (Å²) in [5, 5.41) is 0.722. The summed E-state index contributed by atoms with van der Waals surface area (Å²) in [5.74, 6) is -0.403. The number of nitrogens with two attached hydrogens (primary N) is 1. The van der Waals surface area contributed by atoms with Gasteiger partial charge in [0, 0.05) is 19.0 Å². The van der Waals surface area contributed by atoms with Crippen molar-refractivity contribution in [2.24, 2.45) is 11.7 Å². The molecule has 0 atom stereocenters. The van der Waals surface area contributed by atoms with Crippen LogP contribution in [0.3, 0.4) is 0 Å². The summed E-state index contributed by atoms with van der Waals surface area (Å²) in [7, 11) is 0. The maximum Gasteiger partial charge on any atom is 0.220 e. The summed E-state index contributed by atoms with van der Waals surface area (Å²) in [6.45, 7) is 0.682. The molecule has 1 saturated heterocycles. The molecule has 0 saturated carbocycles. The molecule has 10 heavy (non-hydrogen) atoms. The molecule has 0 aliphatic carbocycles. The standard InChI is InChI=1S/C6H11FN2O/c7-9-3-1-5(2-4-9)6(8)10/h5H,1-4H2,(H2,8,10). The number of carbonyl (C=O) groups is 1. The van der Waals surface area contributed by atoms with Gasteiger partial charge in [0.15, 0.2) is 0 Å². The van der Waals surface area contributed by atoms with Crippen LogP contribution in [0.2, 0.25) is 0 Å². The van der Waals surface area contributed by atoms with Crippen molar-refractivity contribution in [1.29, 1.82) is 0 Å². The van der Waals surface area contributed by atoms with Gasteiger partial charge < -0.3 is 5.73 Å². The molecule has 2 N–H and O–H groups in total. The van der Waals surface area contributed by atoms with E-state index in [0.717, 1.165) is 5.12 Å². The van der Waals surface area contributed by atoms with Crippen molar-refractivity contribution in [2.45, 2.75) is 12.8 Å². The quantitative estimate of drug-likeness (QED) is 0.532. The van der Waals surface area contributed by atoms with E-state index in [1.807, 2.05) is 0 Å². The SMILES string of the molecule is NC(=O)C1CCN(F)CC1. The highest BCUT2D eigenvalue weighted by molar-refractivity contribution is 5.76. The number of primary amides is 1. The third-order valence-electron chi connectivity index (χ3n) is 1.84. The molecule has 0 spiro atoms. The molecule has 4 heteroatoms. The van der Waals surface area contributed by atoms with E-state index in [-0.39, 0.29) is 11.8 Å². The highest BCUT2D eigenvalue weighted by Crippen LogP contribution is 2.15. The van der Waals surface area contributed by atoms with E-state index in [4.69, 9.17) is 5.73 Å². The number of carbonyl (C=O) groups excluding carboxylic acids is 1. The monoisotopic (exact) mass is 146 g/mol. The fourth-order valence-corrected chi connectivity index (χ4v) is 1.13. The van der Waals surface area contributed by atoms with E-state index >= 15 is 0 Å². The number of amides is 1. The van der Waals surface area contributed by atoms with Gasteiger partial charge in [-0.25, -0.2) is 0 Å². The summed E-state index contributed by atoms with van der Waals surface area (Å²) >= 11 is 0. The van der Waals surface area contributed by atoms with Crippen LogP contribution in [0.1, 0.15) is 12.8 Å². The third-order valence-corrected chi connectivity index (χ3v) is 1.84. The van der Waals surface area contributed by atoms with Crippen molar-refractivity contribution in [3.05, 3.63) is 0 Å². The third kappa shape index (κ3) is 1.67. The average molecular weight is 146 g/mol. The van der Waals surface area contributed by atoms with Crippen LogP contribution in [-0.2, 0) is 4.79 Å². The van der Waals surface area contributed by atoms with Crippen LogP contribution in [0.5, 0.6) is 0 Å². The summed E-state index contributed by atoms with van der Waals surface area (Å²) < 4.78 is 12.3. The number of hydrogen-bond acceptors (Lipinski definition) is 2. The van der Waals surface area contributed by atoms with Gasteiger partial charge in [0.25, 0.3) is 0 Å². The van der Waals surface area contributed by atoms with Gasteiger partial charge in [-0.3, -0.25) is 4.79 Å². The van der Waals surface area contributed by atoms with Gasteiger partial charge in [0.1, 0.15) is 0 Å². The van der Waals surface area contributed by atoms with Crippen LogP contribution in [0, 0.1) is 5.92 Å². The molecular formula is C6H11FN2O. The van der Waals surface area contributed by atoms with Gasteiger partial charge >= 0.3 is 0 Å². The average Bonchev–Trinajstić information content (AvgIpc) is 1.88. The predicted molar refractivity (Wildman–Crippen MR) is 34.6 cm³/mol. The molecule has 1 aliphatic rings. The second-order valence-corrected chi connectivity index (χ2v) is 2.59. The highest BCUT2D eigenvalue weighted by atomic mass is 19.2. The lowest BCUT2D eigenvalue weighted by atomic mass is 9.98. The second kappa shape index (κ2) is 2.96. The van der Waals surface area contributed by atoms with Crippen molar-refractivity contribution in [3.8, 4) is 0 Å². The second-order valence-electron chi connectivity index (χ2n) is 2.59. The Labute approximate surface area is 58.9 Å². The molecule has 0 radical (unpaired) electrons. The Bertz CT molecular complexity index is 132. The number of nitrogens with zero attached hydrogens (tertiary/aromatic N) is 1. The topological polar surface area (TPSA) is 46.3 Å². The Kier molecular flexibility index (Phi) is 2.21. The zero-order valence-electron chi connectivity index (χ0n) is 5.72. The lowest BCUT2D eigenvalue weighted by Crippen LogP contribution is -2.34. The predicted octanol–water partition coefficient (Wildman–Crippen LogP) is 0.0682. The number of halogens is 1. The fraction of sp³-hybridized carbons (Fsp3) is 0.833. The Morgan fingerprint density at radius 3 is 2.40 bits per heavy atom. The smallest absolute Gasteiger partial charge is 0.220 e. The molecule has 1 rings (SSSR count). The van der Waals surface area contributed by atoms with Crippen LogP contribution in [0.15, 0.2) is 0 Å². The first kappa shape index (κ1) is 7.47. The van der Waals surface area contributed by atoms with Gasteiger partial charge in [-0.05, 0) is 12.8 Å². The molecule has 0 unspecified atom stereocenters. The van der Waals surface area contributed by atoms with E-state index in [9.17, 15) is 9.28 Å². The largest absolute Gasteiger partial charge is 0.369 e. The normalized spacial score (nSPS) is 22.9. The van der Waals surface area contributed by atoms with Crippen molar-refractivity contribution >= 4 is 5.91 Å². The maximum absolute atomic E-state index is 12.3. The minimum atomic E-state index is -0.298. The van der Waals surface area contributed by atoms with Crippen LogP contribution < -0.4 is 5.73 Å². The Balaban J connectivity index is 2.33. The van der Waals surface area contributed by atoms with E-state index in [0.29, 0.717) is 25.9 Å². The van der Waals surface area contributed by atoms with Crippen molar-refractivity contribution < 1.29 is 9.28 Å². The molecular weight excluding hydrogens is 135 g/mol. The number of piperidine rings is 1. The van der Waals surface area contributed by atoms with Gasteiger partial charge in [-0.2, -0.15) is 0 Å². The minimum absolute atomic E-state index is 0.105. The Morgan fingerprint density at radius 1 is 1.50 bits per heavy atom. The van der Waals surface area contributed by atoms with Gasteiger partial charge in [-0.1, -0.05) is 0 Å². The fourth-order valence-electron chi connectivity index (χ4n) is 1.13. The molecule has 0 aromatic rings. The number of hydrogen-bond donors (Lipinski definition) is 1. The van der Waals surface area contributed by atoms with E-state index in [1.54, 1.807) is 0 Å². The van der Waals surface area contributed by atoms with Crippen molar-refractivity contribution in [1.82, 2.24) is 5.12 Å². The zero-order chi connectivity index (χ0) is 7.56. The maximum atomic E-state index is 12.3. The first-order chi connectivity index (χ1) is 4.70.